The number of para-hydroxylation sites is 1. The standard InChI is InChI=1S/C13H15NO2S/c1-16-12-6-3-2-5-10(12)11-9-17-13(14-11)7-4-8-15/h2-3,5-6,9,15H,4,7-8H2,1H3. The third-order valence-corrected chi connectivity index (χ3v) is 3.39. The van der Waals surface area contributed by atoms with Crippen molar-refractivity contribution in [2.75, 3.05) is 13.7 Å². The second-order valence-electron chi connectivity index (χ2n) is 3.65. The van der Waals surface area contributed by atoms with Crippen LogP contribution in [0.2, 0.25) is 0 Å². The minimum Gasteiger partial charge on any atom is -0.496 e. The zero-order valence-electron chi connectivity index (χ0n) is 9.72. The molecule has 0 aliphatic heterocycles. The summed E-state index contributed by atoms with van der Waals surface area (Å²) in [5.74, 6) is 0.839. The summed E-state index contributed by atoms with van der Waals surface area (Å²) in [5.41, 5.74) is 1.96. The van der Waals surface area contributed by atoms with Crippen LogP contribution in [0.1, 0.15) is 11.4 Å². The van der Waals surface area contributed by atoms with Crippen molar-refractivity contribution in [3.63, 3.8) is 0 Å². The fraction of sp³-hybridized carbons (Fsp3) is 0.308. The molecule has 2 rings (SSSR count). The highest BCUT2D eigenvalue weighted by molar-refractivity contribution is 7.09. The van der Waals surface area contributed by atoms with Crippen LogP contribution in [0.25, 0.3) is 11.3 Å². The van der Waals surface area contributed by atoms with Crippen LogP contribution in [-0.4, -0.2) is 23.8 Å². The molecule has 0 aliphatic carbocycles. The maximum Gasteiger partial charge on any atom is 0.128 e. The van der Waals surface area contributed by atoms with Crippen molar-refractivity contribution in [1.29, 1.82) is 0 Å². The van der Waals surface area contributed by atoms with E-state index < -0.39 is 0 Å². The first kappa shape index (κ1) is 12.1. The Morgan fingerprint density at radius 3 is 2.94 bits per heavy atom. The highest BCUT2D eigenvalue weighted by Gasteiger charge is 2.08. The summed E-state index contributed by atoms with van der Waals surface area (Å²) in [7, 11) is 1.66. The van der Waals surface area contributed by atoms with Crippen LogP contribution in [0.5, 0.6) is 5.75 Å². The molecule has 0 spiro atoms. The Bertz CT molecular complexity index is 482. The molecule has 0 saturated carbocycles. The van der Waals surface area contributed by atoms with E-state index in [1.54, 1.807) is 18.4 Å². The van der Waals surface area contributed by atoms with Crippen LogP contribution in [0.4, 0.5) is 0 Å². The van der Waals surface area contributed by atoms with Gasteiger partial charge in [0.2, 0.25) is 0 Å². The highest BCUT2D eigenvalue weighted by atomic mass is 32.1. The van der Waals surface area contributed by atoms with Gasteiger partial charge in [0.05, 0.1) is 17.8 Å². The molecule has 17 heavy (non-hydrogen) atoms. The van der Waals surface area contributed by atoms with E-state index in [9.17, 15) is 0 Å². The lowest BCUT2D eigenvalue weighted by Crippen LogP contribution is -1.90. The minimum atomic E-state index is 0.212. The van der Waals surface area contributed by atoms with Gasteiger partial charge in [-0.1, -0.05) is 12.1 Å². The second-order valence-corrected chi connectivity index (χ2v) is 4.60. The number of nitrogens with zero attached hydrogens (tertiary/aromatic N) is 1. The van der Waals surface area contributed by atoms with Gasteiger partial charge in [-0.15, -0.1) is 11.3 Å². The first-order valence-electron chi connectivity index (χ1n) is 5.54. The van der Waals surface area contributed by atoms with E-state index >= 15 is 0 Å². The predicted molar refractivity (Wildman–Crippen MR) is 69.5 cm³/mol. The van der Waals surface area contributed by atoms with Crippen LogP contribution >= 0.6 is 11.3 Å². The number of methoxy groups -OCH3 is 1. The molecule has 1 aromatic carbocycles. The molecule has 0 fully saturated rings. The molecule has 0 atom stereocenters. The molecule has 0 radical (unpaired) electrons. The Kier molecular flexibility index (Phi) is 4.12. The Labute approximate surface area is 105 Å². The number of thiazole rings is 1. The maximum atomic E-state index is 8.79. The third-order valence-electron chi connectivity index (χ3n) is 2.48. The van der Waals surface area contributed by atoms with Crippen molar-refractivity contribution in [2.24, 2.45) is 0 Å². The molecular weight excluding hydrogens is 234 g/mol. The van der Waals surface area contributed by atoms with Gasteiger partial charge in [-0.05, 0) is 18.6 Å². The SMILES string of the molecule is COc1ccccc1-c1csc(CCCO)n1. The zero-order valence-corrected chi connectivity index (χ0v) is 10.5. The van der Waals surface area contributed by atoms with Gasteiger partial charge >= 0.3 is 0 Å². The number of aliphatic hydroxyl groups is 1. The number of aliphatic hydroxyl groups excluding tert-OH is 1. The number of aryl methyl sites for hydroxylation is 1. The molecule has 4 heteroatoms. The number of rotatable bonds is 5. The summed E-state index contributed by atoms with van der Waals surface area (Å²) in [6.45, 7) is 0.212. The summed E-state index contributed by atoms with van der Waals surface area (Å²) < 4.78 is 5.31. The molecule has 0 bridgehead atoms. The third kappa shape index (κ3) is 2.84. The zero-order chi connectivity index (χ0) is 12.1. The van der Waals surface area contributed by atoms with E-state index in [-0.39, 0.29) is 6.61 Å². The smallest absolute Gasteiger partial charge is 0.128 e. The van der Waals surface area contributed by atoms with E-state index in [0.717, 1.165) is 34.9 Å². The van der Waals surface area contributed by atoms with Gasteiger partial charge in [0, 0.05) is 24.0 Å². The van der Waals surface area contributed by atoms with E-state index in [1.807, 2.05) is 29.6 Å². The normalized spacial score (nSPS) is 10.5. The van der Waals surface area contributed by atoms with Crippen molar-refractivity contribution >= 4 is 11.3 Å². The highest BCUT2D eigenvalue weighted by Crippen LogP contribution is 2.30. The molecular formula is C13H15NO2S. The number of ether oxygens (including phenoxy) is 1. The van der Waals surface area contributed by atoms with Gasteiger partial charge in [0.1, 0.15) is 5.75 Å². The quantitative estimate of drug-likeness (QED) is 0.886. The molecule has 0 amide bonds. The number of benzene rings is 1. The lowest BCUT2D eigenvalue weighted by molar-refractivity contribution is 0.288. The van der Waals surface area contributed by atoms with Gasteiger partial charge in [-0.3, -0.25) is 0 Å². The Morgan fingerprint density at radius 2 is 2.18 bits per heavy atom. The Hall–Kier alpha value is -1.39. The average molecular weight is 249 g/mol. The van der Waals surface area contributed by atoms with Crippen LogP contribution in [-0.2, 0) is 6.42 Å². The largest absolute Gasteiger partial charge is 0.496 e. The van der Waals surface area contributed by atoms with E-state index in [2.05, 4.69) is 4.98 Å². The topological polar surface area (TPSA) is 42.4 Å². The summed E-state index contributed by atoms with van der Waals surface area (Å²) in [5, 5.41) is 11.9. The summed E-state index contributed by atoms with van der Waals surface area (Å²) in [4.78, 5) is 4.55. The van der Waals surface area contributed by atoms with Crippen LogP contribution in [0.15, 0.2) is 29.6 Å². The van der Waals surface area contributed by atoms with Gasteiger partial charge in [0.15, 0.2) is 0 Å². The first-order chi connectivity index (χ1) is 8.35. The van der Waals surface area contributed by atoms with Crippen LogP contribution in [0.3, 0.4) is 0 Å². The predicted octanol–water partition coefficient (Wildman–Crippen LogP) is 2.74. The first-order valence-corrected chi connectivity index (χ1v) is 6.41. The second kappa shape index (κ2) is 5.80. The molecule has 1 N–H and O–H groups in total. The van der Waals surface area contributed by atoms with Gasteiger partial charge in [-0.25, -0.2) is 4.98 Å². The molecule has 0 unspecified atom stereocenters. The molecule has 0 saturated heterocycles. The maximum absolute atomic E-state index is 8.79. The lowest BCUT2D eigenvalue weighted by atomic mass is 10.1. The Balaban J connectivity index is 2.24. The summed E-state index contributed by atoms with van der Waals surface area (Å²) >= 11 is 1.63. The minimum absolute atomic E-state index is 0.212. The van der Waals surface area contributed by atoms with Gasteiger partial charge < -0.3 is 9.84 Å². The Morgan fingerprint density at radius 1 is 1.35 bits per heavy atom. The van der Waals surface area contributed by atoms with Crippen molar-refractivity contribution in [3.8, 4) is 17.0 Å². The number of aromatic nitrogens is 1. The lowest BCUT2D eigenvalue weighted by Gasteiger charge is -2.04. The summed E-state index contributed by atoms with van der Waals surface area (Å²) in [6.07, 6.45) is 1.59. The molecule has 2 aromatic rings. The van der Waals surface area contributed by atoms with Crippen LogP contribution < -0.4 is 4.74 Å². The molecule has 1 heterocycles. The van der Waals surface area contributed by atoms with Crippen molar-refractivity contribution in [1.82, 2.24) is 4.98 Å². The number of hydrogen-bond donors (Lipinski definition) is 1. The van der Waals surface area contributed by atoms with Gasteiger partial charge in [0.25, 0.3) is 0 Å². The molecule has 1 aromatic heterocycles. The van der Waals surface area contributed by atoms with Crippen molar-refractivity contribution < 1.29 is 9.84 Å². The average Bonchev–Trinajstić information content (AvgIpc) is 2.85. The van der Waals surface area contributed by atoms with Crippen molar-refractivity contribution in [3.05, 3.63) is 34.7 Å². The van der Waals surface area contributed by atoms with Gasteiger partial charge in [-0.2, -0.15) is 0 Å². The fourth-order valence-corrected chi connectivity index (χ4v) is 2.48. The fourth-order valence-electron chi connectivity index (χ4n) is 1.64. The van der Waals surface area contributed by atoms with E-state index in [4.69, 9.17) is 9.84 Å². The molecule has 0 aliphatic rings. The molecule has 90 valence electrons. The van der Waals surface area contributed by atoms with Crippen molar-refractivity contribution in [2.45, 2.75) is 12.8 Å². The van der Waals surface area contributed by atoms with E-state index in [0.29, 0.717) is 0 Å². The van der Waals surface area contributed by atoms with Crippen LogP contribution in [0, 0.1) is 0 Å². The number of hydrogen-bond acceptors (Lipinski definition) is 4. The summed E-state index contributed by atoms with van der Waals surface area (Å²) in [6, 6.07) is 7.86. The monoisotopic (exact) mass is 249 g/mol. The molecule has 3 nitrogen and oxygen atoms in total. The van der Waals surface area contributed by atoms with E-state index in [1.165, 1.54) is 0 Å².